The summed E-state index contributed by atoms with van der Waals surface area (Å²) in [6.45, 7) is 1.93. The van der Waals surface area contributed by atoms with E-state index in [1.54, 1.807) is 12.1 Å². The van der Waals surface area contributed by atoms with Crippen molar-refractivity contribution in [3.8, 4) is 0 Å². The highest BCUT2D eigenvalue weighted by Gasteiger charge is 2.28. The van der Waals surface area contributed by atoms with E-state index in [-0.39, 0.29) is 0 Å². The fraction of sp³-hybridized carbons (Fsp3) is 0.143. The summed E-state index contributed by atoms with van der Waals surface area (Å²) in [5.41, 5.74) is 2.44. The first kappa shape index (κ1) is 13.6. The zero-order valence-corrected chi connectivity index (χ0v) is 12.0. The van der Waals surface area contributed by atoms with Crippen LogP contribution in [0.15, 0.2) is 53.2 Å². The molecule has 1 aliphatic heterocycles. The second-order valence-electron chi connectivity index (χ2n) is 4.84. The summed E-state index contributed by atoms with van der Waals surface area (Å²) in [7, 11) is -3.62. The van der Waals surface area contributed by atoms with Gasteiger partial charge in [0, 0.05) is 5.69 Å². The lowest BCUT2D eigenvalue weighted by molar-refractivity contribution is 0.253. The first-order chi connectivity index (χ1) is 9.94. The molecule has 1 heterocycles. The van der Waals surface area contributed by atoms with E-state index in [0.717, 1.165) is 5.56 Å². The molecule has 0 radical (unpaired) electrons. The van der Waals surface area contributed by atoms with Gasteiger partial charge in [-0.15, -0.1) is 0 Å². The summed E-state index contributed by atoms with van der Waals surface area (Å²) < 4.78 is 27.2. The number of carbonyl (C=O) groups is 1. The van der Waals surface area contributed by atoms with Crippen molar-refractivity contribution in [3.05, 3.63) is 53.8 Å². The first-order valence-corrected chi connectivity index (χ1v) is 7.87. The molecule has 0 saturated heterocycles. The number of aliphatic imine (C=N–C) groups is 1. The lowest BCUT2D eigenvalue weighted by Gasteiger charge is -2.16. The molecule has 1 atom stereocenters. The molecule has 3 rings (SSSR count). The molecule has 6 nitrogen and oxygen atoms in total. The Morgan fingerprint density at radius 2 is 1.95 bits per heavy atom. The third-order valence-corrected chi connectivity index (χ3v) is 4.71. The van der Waals surface area contributed by atoms with Gasteiger partial charge in [-0.2, -0.15) is 4.99 Å². The smallest absolute Gasteiger partial charge is 0.304 e. The summed E-state index contributed by atoms with van der Waals surface area (Å²) in [6.07, 6.45) is 4.51. The van der Waals surface area contributed by atoms with Gasteiger partial charge in [-0.3, -0.25) is 4.72 Å². The van der Waals surface area contributed by atoms with Crippen molar-refractivity contribution in [2.75, 3.05) is 4.72 Å². The van der Waals surface area contributed by atoms with E-state index in [9.17, 15) is 13.2 Å². The SMILES string of the molecule is Cc1ccc(NS(=O)(=O)C2C=CC3=NC(=O)NC3=C2)cc1. The van der Waals surface area contributed by atoms with Crippen LogP contribution in [0.2, 0.25) is 0 Å². The van der Waals surface area contributed by atoms with E-state index in [4.69, 9.17) is 0 Å². The molecule has 1 aromatic rings. The van der Waals surface area contributed by atoms with Crippen LogP contribution in [0.25, 0.3) is 0 Å². The maximum atomic E-state index is 12.4. The van der Waals surface area contributed by atoms with Crippen LogP contribution < -0.4 is 10.0 Å². The molecule has 0 aromatic heterocycles. The fourth-order valence-corrected chi connectivity index (χ4v) is 3.29. The van der Waals surface area contributed by atoms with Crippen LogP contribution in [-0.4, -0.2) is 25.4 Å². The molecule has 108 valence electrons. The summed E-state index contributed by atoms with van der Waals surface area (Å²) in [5.74, 6) is 0. The molecule has 21 heavy (non-hydrogen) atoms. The molecule has 1 aliphatic carbocycles. The Bertz CT molecular complexity index is 789. The van der Waals surface area contributed by atoms with Crippen LogP contribution in [0.1, 0.15) is 5.56 Å². The molecule has 2 aliphatic rings. The predicted molar refractivity (Wildman–Crippen MR) is 80.7 cm³/mol. The molecule has 2 N–H and O–H groups in total. The molecule has 0 spiro atoms. The average molecular weight is 303 g/mol. The van der Waals surface area contributed by atoms with Crippen LogP contribution in [0, 0.1) is 6.92 Å². The Hall–Kier alpha value is -2.41. The van der Waals surface area contributed by atoms with Gasteiger partial charge in [0.15, 0.2) is 0 Å². The summed E-state index contributed by atoms with van der Waals surface area (Å²) in [4.78, 5) is 14.9. The summed E-state index contributed by atoms with van der Waals surface area (Å²) in [6, 6.07) is 6.59. The third kappa shape index (κ3) is 2.73. The van der Waals surface area contributed by atoms with Crippen LogP contribution in [-0.2, 0) is 10.0 Å². The zero-order chi connectivity index (χ0) is 15.0. The van der Waals surface area contributed by atoms with Crippen LogP contribution in [0.4, 0.5) is 10.5 Å². The number of anilines is 1. The topological polar surface area (TPSA) is 87.6 Å². The average Bonchev–Trinajstić information content (AvgIpc) is 2.80. The van der Waals surface area contributed by atoms with E-state index in [0.29, 0.717) is 17.1 Å². The second-order valence-corrected chi connectivity index (χ2v) is 6.68. The van der Waals surface area contributed by atoms with Crippen molar-refractivity contribution in [1.82, 2.24) is 5.32 Å². The number of sulfonamides is 1. The van der Waals surface area contributed by atoms with Crippen molar-refractivity contribution in [2.24, 2.45) is 4.99 Å². The van der Waals surface area contributed by atoms with Gasteiger partial charge < -0.3 is 5.32 Å². The van der Waals surface area contributed by atoms with E-state index in [2.05, 4.69) is 15.0 Å². The number of nitrogens with zero attached hydrogens (tertiary/aromatic N) is 1. The van der Waals surface area contributed by atoms with Crippen molar-refractivity contribution in [2.45, 2.75) is 12.2 Å². The predicted octanol–water partition coefficient (Wildman–Crippen LogP) is 1.72. The number of hydrogen-bond donors (Lipinski definition) is 2. The molecule has 0 bridgehead atoms. The number of aryl methyl sites for hydroxylation is 1. The number of allylic oxidation sites excluding steroid dienone is 1. The molecule has 7 heteroatoms. The third-order valence-electron chi connectivity index (χ3n) is 3.18. The zero-order valence-electron chi connectivity index (χ0n) is 11.2. The van der Waals surface area contributed by atoms with E-state index < -0.39 is 21.3 Å². The largest absolute Gasteiger partial charge is 0.346 e. The highest BCUT2D eigenvalue weighted by molar-refractivity contribution is 7.93. The highest BCUT2D eigenvalue weighted by Crippen LogP contribution is 2.20. The number of rotatable bonds is 3. The molecular weight excluding hydrogens is 290 g/mol. The molecule has 0 fully saturated rings. The maximum absolute atomic E-state index is 12.4. The summed E-state index contributed by atoms with van der Waals surface area (Å²) in [5, 5.41) is 1.65. The van der Waals surface area contributed by atoms with Gasteiger partial charge in [-0.25, -0.2) is 13.2 Å². The Balaban J connectivity index is 1.83. The van der Waals surface area contributed by atoms with Crippen molar-refractivity contribution in [3.63, 3.8) is 0 Å². The molecule has 0 saturated carbocycles. The number of hydrogen-bond acceptors (Lipinski definition) is 3. The van der Waals surface area contributed by atoms with Gasteiger partial charge in [0.05, 0.1) is 11.4 Å². The Morgan fingerprint density at radius 1 is 1.24 bits per heavy atom. The molecular formula is C14H13N3O3S. The second kappa shape index (κ2) is 4.85. The lowest BCUT2D eigenvalue weighted by atomic mass is 10.1. The Kier molecular flexibility index (Phi) is 3.13. The molecule has 1 unspecified atom stereocenters. The van der Waals surface area contributed by atoms with Crippen molar-refractivity contribution in [1.29, 1.82) is 0 Å². The highest BCUT2D eigenvalue weighted by atomic mass is 32.2. The normalized spacial score (nSPS) is 20.4. The minimum Gasteiger partial charge on any atom is -0.304 e. The lowest BCUT2D eigenvalue weighted by Crippen LogP contribution is -2.29. The minimum absolute atomic E-state index is 0.432. The van der Waals surface area contributed by atoms with Crippen LogP contribution >= 0.6 is 0 Å². The number of nitrogens with one attached hydrogen (secondary N) is 2. The number of fused-ring (bicyclic) bond motifs is 1. The Morgan fingerprint density at radius 3 is 2.67 bits per heavy atom. The van der Waals surface area contributed by atoms with Gasteiger partial charge in [-0.1, -0.05) is 23.8 Å². The van der Waals surface area contributed by atoms with Gasteiger partial charge in [0.2, 0.25) is 10.0 Å². The van der Waals surface area contributed by atoms with E-state index >= 15 is 0 Å². The number of amides is 2. The standard InChI is InChI=1S/C14H13N3O3S/c1-9-2-4-10(5-3-9)17-21(19,20)11-6-7-12-13(8-11)16-14(18)15-12/h2-8,11,17H,1H3,(H,16,18). The summed E-state index contributed by atoms with van der Waals surface area (Å²) >= 11 is 0. The molecule has 1 aromatic carbocycles. The quantitative estimate of drug-likeness (QED) is 0.891. The molecule has 2 amide bonds. The van der Waals surface area contributed by atoms with Gasteiger partial charge >= 0.3 is 6.03 Å². The van der Waals surface area contributed by atoms with Crippen LogP contribution in [0.5, 0.6) is 0 Å². The van der Waals surface area contributed by atoms with E-state index in [1.807, 2.05) is 19.1 Å². The van der Waals surface area contributed by atoms with E-state index in [1.165, 1.54) is 18.2 Å². The number of carbonyl (C=O) groups excluding carboxylic acids is 1. The minimum atomic E-state index is -3.62. The fourth-order valence-electron chi connectivity index (χ4n) is 2.08. The number of benzene rings is 1. The van der Waals surface area contributed by atoms with Crippen molar-refractivity contribution < 1.29 is 13.2 Å². The van der Waals surface area contributed by atoms with Gasteiger partial charge in [0.1, 0.15) is 5.25 Å². The monoisotopic (exact) mass is 303 g/mol. The maximum Gasteiger partial charge on any atom is 0.346 e. The van der Waals surface area contributed by atoms with Crippen LogP contribution in [0.3, 0.4) is 0 Å². The van der Waals surface area contributed by atoms with Gasteiger partial charge in [0.25, 0.3) is 0 Å². The Labute approximate surface area is 122 Å². The number of urea groups is 1. The first-order valence-electron chi connectivity index (χ1n) is 6.32. The van der Waals surface area contributed by atoms with Crippen molar-refractivity contribution >= 4 is 27.5 Å². The van der Waals surface area contributed by atoms with Gasteiger partial charge in [-0.05, 0) is 31.2 Å².